The van der Waals surface area contributed by atoms with E-state index >= 15 is 0 Å². The van der Waals surface area contributed by atoms with Gasteiger partial charge in [0, 0.05) is 19.1 Å². The third-order valence-corrected chi connectivity index (χ3v) is 3.38. The number of aliphatic hydroxyl groups is 1. The summed E-state index contributed by atoms with van der Waals surface area (Å²) >= 11 is 0. The van der Waals surface area contributed by atoms with E-state index in [9.17, 15) is 0 Å². The Morgan fingerprint density at radius 1 is 1.39 bits per heavy atom. The zero-order valence-corrected chi connectivity index (χ0v) is 11.0. The minimum absolute atomic E-state index is 0.0561. The molecule has 0 aromatic heterocycles. The van der Waals surface area contributed by atoms with Crippen LogP contribution in [0.5, 0.6) is 5.75 Å². The number of hydrogen-bond acceptors (Lipinski definition) is 4. The summed E-state index contributed by atoms with van der Waals surface area (Å²) in [5, 5.41) is 9.16. The number of benzene rings is 1. The number of methoxy groups -OCH3 is 1. The Hall–Kier alpha value is -1.10. The third kappa shape index (κ3) is 3.22. The molecule has 0 bridgehead atoms. The lowest BCUT2D eigenvalue weighted by Gasteiger charge is -2.37. The van der Waals surface area contributed by atoms with Crippen LogP contribution >= 0.6 is 0 Å². The first kappa shape index (κ1) is 13.3. The standard InChI is InChI=1S/C14H21NO3/c1-11-10-18-14(9-16)8-15(11)7-12-3-5-13(17-2)6-4-12/h3-6,11,14,16H,7-10H2,1-2H3/t11?,14-/m1/s1. The van der Waals surface area contributed by atoms with Gasteiger partial charge in [0.2, 0.25) is 0 Å². The van der Waals surface area contributed by atoms with E-state index in [4.69, 9.17) is 14.6 Å². The maximum absolute atomic E-state index is 9.16. The van der Waals surface area contributed by atoms with Crippen LogP contribution in [-0.2, 0) is 11.3 Å². The Labute approximate surface area is 108 Å². The van der Waals surface area contributed by atoms with Gasteiger partial charge >= 0.3 is 0 Å². The van der Waals surface area contributed by atoms with E-state index in [1.54, 1.807) is 7.11 Å². The molecular formula is C14H21NO3. The van der Waals surface area contributed by atoms with Gasteiger partial charge in [-0.2, -0.15) is 0 Å². The first-order chi connectivity index (χ1) is 8.72. The molecule has 0 amide bonds. The topological polar surface area (TPSA) is 41.9 Å². The van der Waals surface area contributed by atoms with Crippen molar-refractivity contribution in [3.05, 3.63) is 29.8 Å². The van der Waals surface area contributed by atoms with Crippen molar-refractivity contribution < 1.29 is 14.6 Å². The van der Waals surface area contributed by atoms with Crippen molar-refractivity contribution in [2.75, 3.05) is 26.9 Å². The van der Waals surface area contributed by atoms with E-state index in [0.29, 0.717) is 12.6 Å². The molecule has 1 aliphatic heterocycles. The molecule has 2 atom stereocenters. The fourth-order valence-corrected chi connectivity index (χ4v) is 2.17. The molecule has 0 aliphatic carbocycles. The number of rotatable bonds is 4. The second-order valence-corrected chi connectivity index (χ2v) is 4.76. The van der Waals surface area contributed by atoms with Gasteiger partial charge in [-0.25, -0.2) is 0 Å². The molecule has 1 aromatic rings. The summed E-state index contributed by atoms with van der Waals surface area (Å²) in [6.45, 7) is 4.58. The number of hydrogen-bond donors (Lipinski definition) is 1. The molecule has 1 fully saturated rings. The Bertz CT molecular complexity index is 366. The van der Waals surface area contributed by atoms with Crippen molar-refractivity contribution >= 4 is 0 Å². The molecule has 1 saturated heterocycles. The molecule has 1 heterocycles. The molecule has 1 aliphatic rings. The first-order valence-corrected chi connectivity index (χ1v) is 6.32. The minimum Gasteiger partial charge on any atom is -0.497 e. The minimum atomic E-state index is -0.0561. The molecule has 1 N–H and O–H groups in total. The SMILES string of the molecule is COc1ccc(CN2C[C@H](CO)OCC2C)cc1. The summed E-state index contributed by atoms with van der Waals surface area (Å²) < 4.78 is 10.7. The average molecular weight is 251 g/mol. The quantitative estimate of drug-likeness (QED) is 0.875. The number of ether oxygens (including phenoxy) is 2. The molecule has 1 aromatic carbocycles. The zero-order valence-electron chi connectivity index (χ0n) is 11.0. The van der Waals surface area contributed by atoms with E-state index in [1.165, 1.54) is 5.56 Å². The van der Waals surface area contributed by atoms with Gasteiger partial charge in [-0.3, -0.25) is 4.90 Å². The van der Waals surface area contributed by atoms with Crippen molar-refractivity contribution in [2.45, 2.75) is 25.6 Å². The predicted molar refractivity (Wildman–Crippen MR) is 69.7 cm³/mol. The number of morpholine rings is 1. The molecular weight excluding hydrogens is 230 g/mol. The molecule has 2 rings (SSSR count). The highest BCUT2D eigenvalue weighted by Crippen LogP contribution is 2.17. The first-order valence-electron chi connectivity index (χ1n) is 6.32. The summed E-state index contributed by atoms with van der Waals surface area (Å²) in [6.07, 6.45) is -0.0561. The van der Waals surface area contributed by atoms with Crippen LogP contribution in [0.3, 0.4) is 0 Å². The molecule has 18 heavy (non-hydrogen) atoms. The average Bonchev–Trinajstić information content (AvgIpc) is 2.42. The zero-order chi connectivity index (χ0) is 13.0. The lowest BCUT2D eigenvalue weighted by Crippen LogP contribution is -2.48. The summed E-state index contributed by atoms with van der Waals surface area (Å²) in [4.78, 5) is 2.34. The lowest BCUT2D eigenvalue weighted by atomic mass is 10.1. The molecule has 0 radical (unpaired) electrons. The van der Waals surface area contributed by atoms with Crippen LogP contribution in [0.15, 0.2) is 24.3 Å². The fourth-order valence-electron chi connectivity index (χ4n) is 2.17. The maximum atomic E-state index is 9.16. The molecule has 0 saturated carbocycles. The van der Waals surface area contributed by atoms with Crippen LogP contribution in [0.2, 0.25) is 0 Å². The van der Waals surface area contributed by atoms with E-state index in [2.05, 4.69) is 24.0 Å². The Morgan fingerprint density at radius 2 is 2.11 bits per heavy atom. The van der Waals surface area contributed by atoms with Crippen LogP contribution < -0.4 is 4.74 Å². The van der Waals surface area contributed by atoms with Gasteiger partial charge in [-0.05, 0) is 24.6 Å². The third-order valence-electron chi connectivity index (χ3n) is 3.38. The second-order valence-electron chi connectivity index (χ2n) is 4.76. The molecule has 1 unspecified atom stereocenters. The molecule has 100 valence electrons. The van der Waals surface area contributed by atoms with Crippen molar-refractivity contribution in [1.82, 2.24) is 4.90 Å². The molecule has 0 spiro atoms. The fraction of sp³-hybridized carbons (Fsp3) is 0.571. The van der Waals surface area contributed by atoms with Gasteiger partial charge < -0.3 is 14.6 Å². The Kier molecular flexibility index (Phi) is 4.58. The predicted octanol–water partition coefficient (Wildman–Crippen LogP) is 1.28. The normalized spacial score (nSPS) is 25.1. The highest BCUT2D eigenvalue weighted by atomic mass is 16.5. The smallest absolute Gasteiger partial charge is 0.118 e. The summed E-state index contributed by atoms with van der Waals surface area (Å²) in [6, 6.07) is 8.49. The monoisotopic (exact) mass is 251 g/mol. The maximum Gasteiger partial charge on any atom is 0.118 e. The van der Waals surface area contributed by atoms with Gasteiger partial charge in [0.15, 0.2) is 0 Å². The summed E-state index contributed by atoms with van der Waals surface area (Å²) in [5.74, 6) is 0.877. The Balaban J connectivity index is 1.97. The van der Waals surface area contributed by atoms with Crippen LogP contribution in [-0.4, -0.2) is 49.0 Å². The van der Waals surface area contributed by atoms with Crippen LogP contribution in [0, 0.1) is 0 Å². The highest BCUT2D eigenvalue weighted by Gasteiger charge is 2.25. The van der Waals surface area contributed by atoms with Crippen molar-refractivity contribution in [3.63, 3.8) is 0 Å². The molecule has 4 nitrogen and oxygen atoms in total. The number of aliphatic hydroxyl groups excluding tert-OH is 1. The van der Waals surface area contributed by atoms with Crippen LogP contribution in [0.1, 0.15) is 12.5 Å². The van der Waals surface area contributed by atoms with Gasteiger partial charge in [-0.1, -0.05) is 12.1 Å². The Morgan fingerprint density at radius 3 is 2.72 bits per heavy atom. The van der Waals surface area contributed by atoms with Crippen molar-refractivity contribution in [3.8, 4) is 5.75 Å². The van der Waals surface area contributed by atoms with Crippen molar-refractivity contribution in [2.24, 2.45) is 0 Å². The van der Waals surface area contributed by atoms with Gasteiger partial charge in [-0.15, -0.1) is 0 Å². The van der Waals surface area contributed by atoms with Crippen LogP contribution in [0.4, 0.5) is 0 Å². The van der Waals surface area contributed by atoms with E-state index < -0.39 is 0 Å². The number of nitrogens with zero attached hydrogens (tertiary/aromatic N) is 1. The molecule has 4 heteroatoms. The van der Waals surface area contributed by atoms with E-state index in [1.807, 2.05) is 12.1 Å². The highest BCUT2D eigenvalue weighted by molar-refractivity contribution is 5.27. The van der Waals surface area contributed by atoms with Crippen molar-refractivity contribution in [1.29, 1.82) is 0 Å². The second kappa shape index (κ2) is 6.18. The van der Waals surface area contributed by atoms with Gasteiger partial charge in [0.05, 0.1) is 26.4 Å². The van der Waals surface area contributed by atoms with Gasteiger partial charge in [0.25, 0.3) is 0 Å². The van der Waals surface area contributed by atoms with E-state index in [-0.39, 0.29) is 12.7 Å². The van der Waals surface area contributed by atoms with E-state index in [0.717, 1.165) is 18.8 Å². The van der Waals surface area contributed by atoms with Crippen LogP contribution in [0.25, 0.3) is 0 Å². The van der Waals surface area contributed by atoms with Gasteiger partial charge in [0.1, 0.15) is 5.75 Å². The summed E-state index contributed by atoms with van der Waals surface area (Å²) in [5.41, 5.74) is 1.25. The lowest BCUT2D eigenvalue weighted by molar-refractivity contribution is -0.0805. The summed E-state index contributed by atoms with van der Waals surface area (Å²) in [7, 11) is 1.67. The largest absolute Gasteiger partial charge is 0.497 e.